The molecule has 0 aliphatic carbocycles. The van der Waals surface area contributed by atoms with Gasteiger partial charge < -0.3 is 5.32 Å². The molecule has 33 heavy (non-hydrogen) atoms. The number of nitrogens with one attached hydrogen (secondary N) is 1. The van der Waals surface area contributed by atoms with Gasteiger partial charge >= 0.3 is 0 Å². The molecule has 1 aliphatic rings. The van der Waals surface area contributed by atoms with Crippen molar-refractivity contribution in [3.63, 3.8) is 0 Å². The second-order valence-electron chi connectivity index (χ2n) is 8.09. The van der Waals surface area contributed by atoms with Crippen molar-refractivity contribution in [2.75, 3.05) is 18.4 Å². The van der Waals surface area contributed by atoms with E-state index in [1.54, 1.807) is 12.1 Å². The summed E-state index contributed by atoms with van der Waals surface area (Å²) >= 11 is 12.1. The highest BCUT2D eigenvalue weighted by Crippen LogP contribution is 2.30. The van der Waals surface area contributed by atoms with Crippen LogP contribution in [0.5, 0.6) is 0 Å². The fraction of sp³-hybridized carbons (Fsp3) is 0.240. The Kier molecular flexibility index (Phi) is 7.39. The summed E-state index contributed by atoms with van der Waals surface area (Å²) in [6, 6.07) is 22.2. The van der Waals surface area contributed by atoms with Gasteiger partial charge in [0.15, 0.2) is 0 Å². The summed E-state index contributed by atoms with van der Waals surface area (Å²) in [6.07, 6.45) is 1.25. The number of amides is 1. The normalized spacial score (nSPS) is 17.0. The highest BCUT2D eigenvalue weighted by atomic mass is 35.5. The fourth-order valence-electron chi connectivity index (χ4n) is 4.03. The largest absolute Gasteiger partial charge is 0.325 e. The van der Waals surface area contributed by atoms with Gasteiger partial charge in [0.1, 0.15) is 0 Å². The van der Waals surface area contributed by atoms with Gasteiger partial charge in [-0.15, -0.1) is 0 Å². The number of benzene rings is 3. The maximum absolute atomic E-state index is 13.1. The van der Waals surface area contributed by atoms with Crippen molar-refractivity contribution in [1.82, 2.24) is 4.31 Å². The van der Waals surface area contributed by atoms with E-state index in [1.165, 1.54) is 10.4 Å². The van der Waals surface area contributed by atoms with E-state index >= 15 is 0 Å². The van der Waals surface area contributed by atoms with Crippen LogP contribution in [0.25, 0.3) is 11.1 Å². The van der Waals surface area contributed by atoms with Crippen LogP contribution in [0.3, 0.4) is 0 Å². The van der Waals surface area contributed by atoms with E-state index in [1.807, 2.05) is 54.6 Å². The molecular weight excluding hydrogens is 479 g/mol. The van der Waals surface area contributed by atoms with Crippen molar-refractivity contribution < 1.29 is 13.2 Å². The molecule has 1 N–H and O–H groups in total. The molecule has 1 saturated heterocycles. The first kappa shape index (κ1) is 23.8. The average Bonchev–Trinajstić information content (AvgIpc) is 2.82. The summed E-state index contributed by atoms with van der Waals surface area (Å²) in [5.74, 6) is -0.838. The minimum atomic E-state index is -3.64. The van der Waals surface area contributed by atoms with E-state index in [2.05, 4.69) is 5.32 Å². The summed E-state index contributed by atoms with van der Waals surface area (Å²) < 4.78 is 27.5. The average molecular weight is 503 g/mol. The predicted molar refractivity (Wildman–Crippen MR) is 134 cm³/mol. The summed E-state index contributed by atoms with van der Waals surface area (Å²) in [6.45, 7) is 0.533. The Labute approximate surface area is 204 Å². The number of sulfonamides is 1. The van der Waals surface area contributed by atoms with E-state index in [0.29, 0.717) is 40.7 Å². The van der Waals surface area contributed by atoms with Crippen LogP contribution in [0.4, 0.5) is 5.69 Å². The number of hydrogen-bond donors (Lipinski definition) is 1. The molecule has 0 saturated carbocycles. The fourth-order valence-corrected chi connectivity index (χ4v) is 6.23. The smallest absolute Gasteiger partial charge is 0.228 e. The standard InChI is InChI=1S/C25H24Cl2N2O3S/c26-21-13-12-20(23(27)15-21)17-33(31,32)29-14-6-9-19(16-29)25(30)28-24-11-5-4-10-22(24)18-7-2-1-3-8-18/h1-5,7-8,10-13,15,19H,6,9,14,16-17H2,(H,28,30)/t19-/m0/s1. The first-order chi connectivity index (χ1) is 15.8. The van der Waals surface area contributed by atoms with E-state index in [4.69, 9.17) is 23.2 Å². The highest BCUT2D eigenvalue weighted by molar-refractivity contribution is 7.88. The number of carbonyl (C=O) groups is 1. The Morgan fingerprint density at radius 1 is 1.00 bits per heavy atom. The molecule has 8 heteroatoms. The number of piperidine rings is 1. The monoisotopic (exact) mass is 502 g/mol. The number of carbonyl (C=O) groups excluding carboxylic acids is 1. The maximum Gasteiger partial charge on any atom is 0.228 e. The summed E-state index contributed by atoms with van der Waals surface area (Å²) in [5.41, 5.74) is 3.12. The van der Waals surface area contributed by atoms with Crippen molar-refractivity contribution in [3.05, 3.63) is 88.4 Å². The Bertz CT molecular complexity index is 1250. The lowest BCUT2D eigenvalue weighted by molar-refractivity contribution is -0.120. The second kappa shape index (κ2) is 10.3. The maximum atomic E-state index is 13.1. The van der Waals surface area contributed by atoms with Crippen LogP contribution in [0.2, 0.25) is 10.0 Å². The van der Waals surface area contributed by atoms with Crippen LogP contribution < -0.4 is 5.32 Å². The second-order valence-corrected chi connectivity index (χ2v) is 10.9. The minimum Gasteiger partial charge on any atom is -0.325 e. The predicted octanol–water partition coefficient (Wildman–Crippen LogP) is 5.84. The van der Waals surface area contributed by atoms with Gasteiger partial charge in [-0.3, -0.25) is 4.79 Å². The summed E-state index contributed by atoms with van der Waals surface area (Å²) in [5, 5.41) is 3.78. The first-order valence-corrected chi connectivity index (χ1v) is 13.1. The molecule has 0 unspecified atom stereocenters. The topological polar surface area (TPSA) is 66.5 Å². The molecule has 0 bridgehead atoms. The van der Waals surface area contributed by atoms with Gasteiger partial charge in [0, 0.05) is 34.4 Å². The van der Waals surface area contributed by atoms with Gasteiger partial charge in [0.05, 0.1) is 11.7 Å². The number of para-hydroxylation sites is 1. The molecule has 172 valence electrons. The molecular formula is C25H24Cl2N2O3S. The van der Waals surface area contributed by atoms with Crippen molar-refractivity contribution in [1.29, 1.82) is 0 Å². The first-order valence-electron chi connectivity index (χ1n) is 10.7. The molecule has 1 amide bonds. The van der Waals surface area contributed by atoms with Crippen molar-refractivity contribution >= 4 is 44.8 Å². The third-order valence-electron chi connectivity index (χ3n) is 5.77. The number of hydrogen-bond acceptors (Lipinski definition) is 3. The van der Waals surface area contributed by atoms with E-state index < -0.39 is 15.9 Å². The van der Waals surface area contributed by atoms with Crippen LogP contribution in [-0.4, -0.2) is 31.7 Å². The molecule has 3 aromatic carbocycles. The Morgan fingerprint density at radius 2 is 1.73 bits per heavy atom. The van der Waals surface area contributed by atoms with E-state index in [9.17, 15) is 13.2 Å². The molecule has 1 fully saturated rings. The number of rotatable bonds is 6. The molecule has 1 heterocycles. The third kappa shape index (κ3) is 5.76. The lowest BCUT2D eigenvalue weighted by atomic mass is 9.98. The van der Waals surface area contributed by atoms with Gasteiger partial charge in [0.2, 0.25) is 15.9 Å². The van der Waals surface area contributed by atoms with Crippen LogP contribution >= 0.6 is 23.2 Å². The number of anilines is 1. The lowest BCUT2D eigenvalue weighted by Crippen LogP contribution is -2.44. The number of nitrogens with zero attached hydrogens (tertiary/aromatic N) is 1. The summed E-state index contributed by atoms with van der Waals surface area (Å²) in [4.78, 5) is 13.1. The highest BCUT2D eigenvalue weighted by Gasteiger charge is 2.33. The molecule has 1 aliphatic heterocycles. The van der Waals surface area contributed by atoms with Crippen LogP contribution in [0, 0.1) is 5.92 Å². The van der Waals surface area contributed by atoms with Crippen LogP contribution in [0.15, 0.2) is 72.8 Å². The van der Waals surface area contributed by atoms with Crippen molar-refractivity contribution in [2.45, 2.75) is 18.6 Å². The van der Waals surface area contributed by atoms with Gasteiger partial charge in [0.25, 0.3) is 0 Å². The van der Waals surface area contributed by atoms with Gasteiger partial charge in [-0.25, -0.2) is 12.7 Å². The van der Waals surface area contributed by atoms with Gasteiger partial charge in [-0.1, -0.05) is 77.8 Å². The quantitative estimate of drug-likeness (QED) is 0.460. The third-order valence-corrected chi connectivity index (χ3v) is 8.15. The van der Waals surface area contributed by atoms with Crippen LogP contribution in [0.1, 0.15) is 18.4 Å². The summed E-state index contributed by atoms with van der Waals surface area (Å²) in [7, 11) is -3.64. The van der Waals surface area contributed by atoms with Crippen LogP contribution in [-0.2, 0) is 20.6 Å². The van der Waals surface area contributed by atoms with Crippen molar-refractivity contribution in [3.8, 4) is 11.1 Å². The van der Waals surface area contributed by atoms with Gasteiger partial charge in [-0.2, -0.15) is 0 Å². The van der Waals surface area contributed by atoms with Gasteiger partial charge in [-0.05, 0) is 42.2 Å². The Morgan fingerprint density at radius 3 is 2.48 bits per heavy atom. The zero-order valence-electron chi connectivity index (χ0n) is 17.9. The Balaban J connectivity index is 1.47. The van der Waals surface area contributed by atoms with E-state index in [-0.39, 0.29) is 18.2 Å². The van der Waals surface area contributed by atoms with Crippen molar-refractivity contribution in [2.24, 2.45) is 5.92 Å². The molecule has 1 atom stereocenters. The van der Waals surface area contributed by atoms with E-state index in [0.717, 1.165) is 11.1 Å². The molecule has 0 radical (unpaired) electrons. The zero-order valence-corrected chi connectivity index (χ0v) is 20.2. The molecule has 4 rings (SSSR count). The SMILES string of the molecule is O=C(Nc1ccccc1-c1ccccc1)[C@H]1CCCN(S(=O)(=O)Cc2ccc(Cl)cc2Cl)C1. The number of halogens is 2. The molecule has 5 nitrogen and oxygen atoms in total. The lowest BCUT2D eigenvalue weighted by Gasteiger charge is -2.31. The Hall–Kier alpha value is -2.38. The minimum absolute atomic E-state index is 0.146. The molecule has 0 aromatic heterocycles. The zero-order chi connectivity index (χ0) is 23.4. The molecule has 0 spiro atoms. The molecule has 3 aromatic rings.